The fourth-order valence-electron chi connectivity index (χ4n) is 2.30. The van der Waals surface area contributed by atoms with Gasteiger partial charge in [0.2, 0.25) is 0 Å². The van der Waals surface area contributed by atoms with Gasteiger partial charge in [-0.25, -0.2) is 0 Å². The van der Waals surface area contributed by atoms with Crippen molar-refractivity contribution in [3.63, 3.8) is 0 Å². The van der Waals surface area contributed by atoms with Crippen molar-refractivity contribution in [2.45, 2.75) is 25.0 Å². The molecule has 2 unspecified atom stereocenters. The number of benzene rings is 1. The van der Waals surface area contributed by atoms with E-state index < -0.39 is 15.4 Å². The van der Waals surface area contributed by atoms with Crippen LogP contribution in [0, 0.1) is 0 Å². The number of rotatable bonds is 3. The number of hydrogen-bond donors (Lipinski definition) is 2. The zero-order valence-electron chi connectivity index (χ0n) is 9.25. The molecular weight excluding hydrogens is 219 g/mol. The van der Waals surface area contributed by atoms with Gasteiger partial charge in [-0.15, -0.1) is 0 Å². The highest BCUT2D eigenvalue weighted by Crippen LogP contribution is 2.15. The molecule has 1 fully saturated rings. The third-order valence-electron chi connectivity index (χ3n) is 3.12. The van der Waals surface area contributed by atoms with Crippen molar-refractivity contribution in [2.24, 2.45) is 0 Å². The van der Waals surface area contributed by atoms with E-state index in [9.17, 15) is 10.0 Å². The molecule has 2 N–H and O–H groups in total. The molecule has 3 nitrogen and oxygen atoms in total. The Morgan fingerprint density at radius 2 is 1.94 bits per heavy atom. The summed E-state index contributed by atoms with van der Waals surface area (Å²) >= 11 is 0. The summed E-state index contributed by atoms with van der Waals surface area (Å²) in [5.74, 6) is 0. The zero-order chi connectivity index (χ0) is 11.4. The molecule has 0 aliphatic carbocycles. The molecule has 0 amide bonds. The van der Waals surface area contributed by atoms with Crippen LogP contribution >= 0.6 is 0 Å². The predicted molar refractivity (Wildman–Crippen MR) is 67.0 cm³/mol. The van der Waals surface area contributed by atoms with Crippen LogP contribution in [0.5, 0.6) is 0 Å². The van der Waals surface area contributed by atoms with E-state index in [1.54, 1.807) is 0 Å². The summed E-state index contributed by atoms with van der Waals surface area (Å²) in [7, 11) is -1.86. The summed E-state index contributed by atoms with van der Waals surface area (Å²) in [6.07, 6.45) is 3.19. The van der Waals surface area contributed by atoms with Crippen molar-refractivity contribution in [1.82, 2.24) is 0 Å². The van der Waals surface area contributed by atoms with Gasteiger partial charge in [0.05, 0.1) is 0 Å². The Labute approximate surface area is 97.8 Å². The van der Waals surface area contributed by atoms with E-state index in [2.05, 4.69) is 0 Å². The molecule has 1 aromatic rings. The first-order chi connectivity index (χ1) is 7.79. The van der Waals surface area contributed by atoms with Gasteiger partial charge in [-0.1, -0.05) is 35.5 Å². The first-order valence-electron chi connectivity index (χ1n) is 5.82. The standard InChI is InChI=1S/C11H17BO3Si/c13-12(14)16(10-6-2-1-3-7-10)11-8-4-5-9-15-11/h1-3,6-7,11,13-14,16H,4-5,8-9H2. The third kappa shape index (κ3) is 2.74. The van der Waals surface area contributed by atoms with Gasteiger partial charge in [0.25, 0.3) is 0 Å². The van der Waals surface area contributed by atoms with E-state index in [1.165, 1.54) is 0 Å². The van der Waals surface area contributed by atoms with Crippen LogP contribution < -0.4 is 5.19 Å². The molecular formula is C11H17BO3Si. The van der Waals surface area contributed by atoms with Gasteiger partial charge in [0.15, 0.2) is 8.67 Å². The minimum atomic E-state index is -1.86. The molecule has 1 saturated heterocycles. The van der Waals surface area contributed by atoms with Gasteiger partial charge in [-0.2, -0.15) is 0 Å². The van der Waals surface area contributed by atoms with Crippen molar-refractivity contribution >= 4 is 20.6 Å². The summed E-state index contributed by atoms with van der Waals surface area (Å²) in [6.45, 7) is -0.459. The molecule has 0 spiro atoms. The SMILES string of the molecule is OB(O)[SiH](c1ccccc1)C1CCCCO1. The Hall–Kier alpha value is -0.618. The smallest absolute Gasteiger partial charge is 0.430 e. The maximum absolute atomic E-state index is 9.56. The molecule has 5 heteroatoms. The fraction of sp³-hybridized carbons (Fsp3) is 0.455. The van der Waals surface area contributed by atoms with Crippen LogP contribution in [-0.2, 0) is 4.74 Å². The molecule has 0 saturated carbocycles. The molecule has 0 aromatic heterocycles. The van der Waals surface area contributed by atoms with Crippen LogP contribution in [-0.4, -0.2) is 37.8 Å². The Morgan fingerprint density at radius 3 is 2.50 bits per heavy atom. The topological polar surface area (TPSA) is 49.7 Å². The van der Waals surface area contributed by atoms with Gasteiger partial charge in [-0.3, -0.25) is 0 Å². The predicted octanol–water partition coefficient (Wildman–Crippen LogP) is -0.220. The quantitative estimate of drug-likeness (QED) is 0.713. The van der Waals surface area contributed by atoms with Crippen LogP contribution in [0.2, 0.25) is 0 Å². The van der Waals surface area contributed by atoms with Gasteiger partial charge in [-0.05, 0) is 19.3 Å². The molecule has 16 heavy (non-hydrogen) atoms. The molecule has 2 rings (SSSR count). The van der Waals surface area contributed by atoms with Crippen LogP contribution in [0.4, 0.5) is 0 Å². The van der Waals surface area contributed by atoms with E-state index in [0.29, 0.717) is 0 Å². The Balaban J connectivity index is 2.16. The van der Waals surface area contributed by atoms with E-state index >= 15 is 0 Å². The van der Waals surface area contributed by atoms with Gasteiger partial charge >= 0.3 is 6.71 Å². The minimum absolute atomic E-state index is 0.0659. The largest absolute Gasteiger partial charge is 0.432 e. The van der Waals surface area contributed by atoms with Crippen molar-refractivity contribution in [1.29, 1.82) is 0 Å². The second-order valence-corrected chi connectivity index (χ2v) is 7.31. The summed E-state index contributed by atoms with van der Waals surface area (Å²) in [5, 5.41) is 20.2. The molecule has 86 valence electrons. The Bertz CT molecular complexity index is 314. The highest BCUT2D eigenvalue weighted by molar-refractivity contribution is 7.22. The first-order valence-corrected chi connectivity index (χ1v) is 7.73. The highest BCUT2D eigenvalue weighted by Gasteiger charge is 2.36. The lowest BCUT2D eigenvalue weighted by molar-refractivity contribution is 0.0642. The van der Waals surface area contributed by atoms with Crippen LogP contribution in [0.1, 0.15) is 19.3 Å². The lowest BCUT2D eigenvalue weighted by Gasteiger charge is -2.29. The van der Waals surface area contributed by atoms with Gasteiger partial charge < -0.3 is 14.8 Å². The fourth-order valence-corrected chi connectivity index (χ4v) is 5.07. The molecule has 1 aliphatic heterocycles. The van der Waals surface area contributed by atoms with E-state index in [-0.39, 0.29) is 5.73 Å². The second-order valence-electron chi connectivity index (χ2n) is 4.26. The third-order valence-corrected chi connectivity index (χ3v) is 6.25. The summed E-state index contributed by atoms with van der Waals surface area (Å²) < 4.78 is 5.70. The summed E-state index contributed by atoms with van der Waals surface area (Å²) in [6, 6.07) is 9.80. The molecule has 2 atom stereocenters. The lowest BCUT2D eigenvalue weighted by Crippen LogP contribution is -2.56. The number of hydrogen-bond acceptors (Lipinski definition) is 3. The molecule has 1 heterocycles. The van der Waals surface area contributed by atoms with Crippen LogP contribution in [0.3, 0.4) is 0 Å². The van der Waals surface area contributed by atoms with Crippen molar-refractivity contribution in [2.75, 3.05) is 6.61 Å². The average molecular weight is 236 g/mol. The second kappa shape index (κ2) is 5.63. The van der Waals surface area contributed by atoms with Gasteiger partial charge in [0.1, 0.15) is 0 Å². The van der Waals surface area contributed by atoms with Crippen molar-refractivity contribution in [3.8, 4) is 0 Å². The van der Waals surface area contributed by atoms with Crippen molar-refractivity contribution < 1.29 is 14.8 Å². The first kappa shape index (κ1) is 11.9. The summed E-state index contributed by atoms with van der Waals surface area (Å²) in [4.78, 5) is 0. The maximum Gasteiger partial charge on any atom is 0.432 e. The molecule has 0 bridgehead atoms. The lowest BCUT2D eigenvalue weighted by atomic mass is 10.2. The average Bonchev–Trinajstić information content (AvgIpc) is 2.31. The maximum atomic E-state index is 9.56. The van der Waals surface area contributed by atoms with Crippen LogP contribution in [0.25, 0.3) is 0 Å². The zero-order valence-corrected chi connectivity index (χ0v) is 10.4. The summed E-state index contributed by atoms with van der Waals surface area (Å²) in [5.41, 5.74) is 0.0659. The van der Waals surface area contributed by atoms with Crippen molar-refractivity contribution in [3.05, 3.63) is 30.3 Å². The normalized spacial score (nSPS) is 22.8. The monoisotopic (exact) mass is 236 g/mol. The van der Waals surface area contributed by atoms with Crippen LogP contribution in [0.15, 0.2) is 30.3 Å². The Morgan fingerprint density at radius 1 is 1.19 bits per heavy atom. The van der Waals surface area contributed by atoms with E-state index in [0.717, 1.165) is 31.1 Å². The Kier molecular flexibility index (Phi) is 4.17. The molecule has 1 aromatic carbocycles. The number of ether oxygens (including phenoxy) is 1. The molecule has 1 aliphatic rings. The molecule has 0 radical (unpaired) electrons. The van der Waals surface area contributed by atoms with E-state index in [4.69, 9.17) is 4.74 Å². The minimum Gasteiger partial charge on any atom is -0.430 e. The van der Waals surface area contributed by atoms with Gasteiger partial charge in [0, 0.05) is 12.3 Å². The highest BCUT2D eigenvalue weighted by atomic mass is 28.3. The van der Waals surface area contributed by atoms with E-state index in [1.807, 2.05) is 30.3 Å².